The van der Waals surface area contributed by atoms with Gasteiger partial charge in [-0.2, -0.15) is 5.10 Å². The highest BCUT2D eigenvalue weighted by Crippen LogP contribution is 2.23. The molecule has 3 aromatic carbocycles. The predicted octanol–water partition coefficient (Wildman–Crippen LogP) is 4.99. The number of nitrogens with zero attached hydrogens (tertiary/aromatic N) is 1. The van der Waals surface area contributed by atoms with E-state index in [1.165, 1.54) is 12.3 Å². The van der Waals surface area contributed by atoms with Crippen molar-refractivity contribution in [2.24, 2.45) is 5.10 Å². The minimum absolute atomic E-state index is 0.252. The van der Waals surface area contributed by atoms with Gasteiger partial charge in [-0.15, -0.1) is 0 Å². The van der Waals surface area contributed by atoms with Gasteiger partial charge >= 0.3 is 5.97 Å². The van der Waals surface area contributed by atoms with Crippen molar-refractivity contribution >= 4 is 51.5 Å². The van der Waals surface area contributed by atoms with Crippen LogP contribution >= 0.6 is 27.5 Å². The van der Waals surface area contributed by atoms with Crippen molar-refractivity contribution in [1.82, 2.24) is 10.7 Å². The molecule has 0 radical (unpaired) electrons. The molecule has 0 saturated carbocycles. The second-order valence-corrected chi connectivity index (χ2v) is 8.78. The van der Waals surface area contributed by atoms with Crippen molar-refractivity contribution in [1.29, 1.82) is 0 Å². The molecule has 0 aromatic heterocycles. The third-order valence-electron chi connectivity index (χ3n) is 4.63. The minimum atomic E-state index is -0.554. The first-order chi connectivity index (χ1) is 17.4. The largest absolute Gasteiger partial charge is 0.494 e. The smallest absolute Gasteiger partial charge is 0.343 e. The zero-order chi connectivity index (χ0) is 25.9. The molecule has 2 N–H and O–H groups in total. The van der Waals surface area contributed by atoms with E-state index in [0.29, 0.717) is 34.1 Å². The molecular formula is C26H23BrClN3O5. The van der Waals surface area contributed by atoms with Crippen LogP contribution in [0, 0.1) is 0 Å². The molecule has 0 heterocycles. The summed E-state index contributed by atoms with van der Waals surface area (Å²) in [5.41, 5.74) is 3.46. The number of carbonyl (C=O) groups is 3. The molecule has 8 nitrogen and oxygen atoms in total. The van der Waals surface area contributed by atoms with E-state index in [4.69, 9.17) is 21.1 Å². The number of hydrazone groups is 1. The van der Waals surface area contributed by atoms with Gasteiger partial charge < -0.3 is 14.8 Å². The molecule has 3 aromatic rings. The van der Waals surface area contributed by atoms with Gasteiger partial charge in [0, 0.05) is 20.6 Å². The maximum atomic E-state index is 12.6. The lowest BCUT2D eigenvalue weighted by molar-refractivity contribution is -0.120. The topological polar surface area (TPSA) is 106 Å². The van der Waals surface area contributed by atoms with Crippen LogP contribution in [0.25, 0.3) is 0 Å². The third kappa shape index (κ3) is 8.21. The highest BCUT2D eigenvalue weighted by atomic mass is 79.9. The monoisotopic (exact) mass is 571 g/mol. The normalized spacial score (nSPS) is 10.6. The summed E-state index contributed by atoms with van der Waals surface area (Å²) in [6.45, 7) is 2.31. The second kappa shape index (κ2) is 13.4. The van der Waals surface area contributed by atoms with Crippen LogP contribution in [0.15, 0.2) is 76.3 Å². The third-order valence-corrected chi connectivity index (χ3v) is 5.35. The van der Waals surface area contributed by atoms with Gasteiger partial charge in [0.1, 0.15) is 11.5 Å². The number of halogens is 2. The molecule has 0 spiro atoms. The molecule has 2 amide bonds. The highest BCUT2D eigenvalue weighted by Gasteiger charge is 2.12. The van der Waals surface area contributed by atoms with Gasteiger partial charge in [0.15, 0.2) is 0 Å². The second-order valence-electron chi connectivity index (χ2n) is 7.43. The molecular weight excluding hydrogens is 550 g/mol. The first-order valence-electron chi connectivity index (χ1n) is 11.0. The summed E-state index contributed by atoms with van der Waals surface area (Å²) in [6, 6.07) is 18.0. The van der Waals surface area contributed by atoms with Crippen LogP contribution in [0.1, 0.15) is 39.6 Å². The van der Waals surface area contributed by atoms with E-state index in [-0.39, 0.29) is 12.3 Å². The summed E-state index contributed by atoms with van der Waals surface area (Å²) in [7, 11) is 0. The lowest BCUT2D eigenvalue weighted by Crippen LogP contribution is -2.34. The Morgan fingerprint density at radius 2 is 1.81 bits per heavy atom. The van der Waals surface area contributed by atoms with Crippen molar-refractivity contribution in [2.45, 2.75) is 13.3 Å². The van der Waals surface area contributed by atoms with Crippen LogP contribution in [-0.2, 0) is 4.79 Å². The summed E-state index contributed by atoms with van der Waals surface area (Å²) >= 11 is 9.24. The molecule has 186 valence electrons. The molecule has 3 rings (SSSR count). The summed E-state index contributed by atoms with van der Waals surface area (Å²) in [5, 5.41) is 6.80. The van der Waals surface area contributed by atoms with Crippen molar-refractivity contribution < 1.29 is 23.9 Å². The summed E-state index contributed by atoms with van der Waals surface area (Å²) in [4.78, 5) is 36.8. The Kier molecular flexibility index (Phi) is 10.0. The quantitative estimate of drug-likeness (QED) is 0.154. The zero-order valence-corrected chi connectivity index (χ0v) is 21.6. The molecule has 36 heavy (non-hydrogen) atoms. The van der Waals surface area contributed by atoms with Crippen LogP contribution in [0.4, 0.5) is 0 Å². The fourth-order valence-corrected chi connectivity index (χ4v) is 3.45. The molecule has 0 aliphatic rings. The van der Waals surface area contributed by atoms with Gasteiger partial charge in [-0.25, -0.2) is 10.2 Å². The maximum Gasteiger partial charge on any atom is 0.343 e. The first-order valence-corrected chi connectivity index (χ1v) is 12.1. The van der Waals surface area contributed by atoms with E-state index in [9.17, 15) is 14.4 Å². The number of rotatable bonds is 10. The Balaban J connectivity index is 1.58. The Hall–Kier alpha value is -3.69. The number of carbonyl (C=O) groups excluding carboxylic acids is 3. The molecule has 0 saturated heterocycles. The standard InChI is InChI=1S/C26H23BrClN3O5/c1-2-12-35-22-9-6-17(7-10-22)26(34)36-23-11-8-20(27)13-19(23)15-30-31-24(32)16-29-25(33)18-4-3-5-21(28)14-18/h3-11,13-15H,2,12,16H2,1H3,(H,29,33)(H,31,32). The van der Waals surface area contributed by atoms with Crippen LogP contribution in [0.2, 0.25) is 5.02 Å². The van der Waals surface area contributed by atoms with Gasteiger partial charge in [-0.1, -0.05) is 40.5 Å². The molecule has 0 atom stereocenters. The first kappa shape index (κ1) is 26.9. The molecule has 0 bridgehead atoms. The van der Waals surface area contributed by atoms with Gasteiger partial charge in [0.05, 0.1) is 24.9 Å². The fraction of sp³-hybridized carbons (Fsp3) is 0.154. The van der Waals surface area contributed by atoms with Gasteiger partial charge in [0.2, 0.25) is 0 Å². The van der Waals surface area contributed by atoms with Crippen molar-refractivity contribution in [3.8, 4) is 11.5 Å². The SMILES string of the molecule is CCCOc1ccc(C(=O)Oc2ccc(Br)cc2C=NNC(=O)CNC(=O)c2cccc(Cl)c2)cc1. The van der Waals surface area contributed by atoms with Crippen LogP contribution in [-0.4, -0.2) is 37.1 Å². The Morgan fingerprint density at radius 1 is 1.03 bits per heavy atom. The van der Waals surface area contributed by atoms with E-state index in [1.54, 1.807) is 60.7 Å². The van der Waals surface area contributed by atoms with Crippen LogP contribution in [0.5, 0.6) is 11.5 Å². The fourth-order valence-electron chi connectivity index (χ4n) is 2.88. The number of benzene rings is 3. The number of esters is 1. The van der Waals surface area contributed by atoms with Crippen molar-refractivity contribution in [2.75, 3.05) is 13.2 Å². The van der Waals surface area contributed by atoms with Crippen LogP contribution in [0.3, 0.4) is 0 Å². The van der Waals surface area contributed by atoms with Gasteiger partial charge in [-0.05, 0) is 67.1 Å². The summed E-state index contributed by atoms with van der Waals surface area (Å²) in [6.07, 6.45) is 2.22. The number of nitrogens with one attached hydrogen (secondary N) is 2. The van der Waals surface area contributed by atoms with E-state index in [1.807, 2.05) is 6.92 Å². The Labute approximate surface area is 221 Å². The van der Waals surface area contributed by atoms with Crippen molar-refractivity contribution in [3.05, 3.63) is 92.9 Å². The Bertz CT molecular complexity index is 1260. The number of ether oxygens (including phenoxy) is 2. The average Bonchev–Trinajstić information content (AvgIpc) is 2.87. The zero-order valence-electron chi connectivity index (χ0n) is 19.3. The minimum Gasteiger partial charge on any atom is -0.494 e. The van der Waals surface area contributed by atoms with Gasteiger partial charge in [0.25, 0.3) is 11.8 Å². The number of hydrogen-bond donors (Lipinski definition) is 2. The summed E-state index contributed by atoms with van der Waals surface area (Å²) < 4.78 is 11.8. The number of hydrogen-bond acceptors (Lipinski definition) is 6. The Morgan fingerprint density at radius 3 is 2.53 bits per heavy atom. The van der Waals surface area contributed by atoms with Crippen LogP contribution < -0.4 is 20.2 Å². The summed E-state index contributed by atoms with van der Waals surface area (Å²) in [5.74, 6) is -0.615. The lowest BCUT2D eigenvalue weighted by Gasteiger charge is -2.09. The highest BCUT2D eigenvalue weighted by molar-refractivity contribution is 9.10. The van der Waals surface area contributed by atoms with Crippen molar-refractivity contribution in [3.63, 3.8) is 0 Å². The maximum absolute atomic E-state index is 12.6. The number of amides is 2. The average molecular weight is 573 g/mol. The lowest BCUT2D eigenvalue weighted by atomic mass is 10.2. The molecule has 0 aliphatic carbocycles. The molecule has 0 aliphatic heterocycles. The van der Waals surface area contributed by atoms with E-state index in [0.717, 1.165) is 10.9 Å². The van der Waals surface area contributed by atoms with E-state index < -0.39 is 17.8 Å². The predicted molar refractivity (Wildman–Crippen MR) is 141 cm³/mol. The molecule has 0 fully saturated rings. The molecule has 0 unspecified atom stereocenters. The van der Waals surface area contributed by atoms with E-state index in [2.05, 4.69) is 31.8 Å². The van der Waals surface area contributed by atoms with Gasteiger partial charge in [-0.3, -0.25) is 9.59 Å². The van der Waals surface area contributed by atoms with E-state index >= 15 is 0 Å². The molecule has 10 heteroatoms.